The summed E-state index contributed by atoms with van der Waals surface area (Å²) in [6.45, 7) is 24.2. The van der Waals surface area contributed by atoms with Crippen molar-refractivity contribution >= 4 is 94.1 Å². The predicted molar refractivity (Wildman–Crippen MR) is 238 cm³/mol. The predicted octanol–water partition coefficient (Wildman–Crippen LogP) is 8.32. The van der Waals surface area contributed by atoms with Crippen molar-refractivity contribution in [3.63, 3.8) is 0 Å². The van der Waals surface area contributed by atoms with E-state index in [1.165, 1.54) is 77.2 Å². The lowest BCUT2D eigenvalue weighted by Gasteiger charge is -2.50. The number of nitrogens with zero attached hydrogens (tertiary/aromatic N) is 2. The molecule has 2 nitrogen and oxygen atoms in total. The topological polar surface area (TPSA) is 6.48 Å². The second kappa shape index (κ2) is 11.5. The molecule has 0 amide bonds. The quantitative estimate of drug-likeness (QED) is 0.169. The Labute approximate surface area is 319 Å². The van der Waals surface area contributed by atoms with Crippen LogP contribution in [0, 0.1) is 0 Å². The lowest BCUT2D eigenvalue weighted by atomic mass is 9.33. The van der Waals surface area contributed by atoms with Crippen LogP contribution in [-0.4, -0.2) is 22.9 Å². The number of hydrogen-bond acceptors (Lipinski definition) is 2. The third-order valence-electron chi connectivity index (χ3n) is 12.4. The molecule has 3 aliphatic heterocycles. The summed E-state index contributed by atoms with van der Waals surface area (Å²) in [5, 5.41) is 6.03. The first kappa shape index (κ1) is 34.2. The minimum Gasteiger partial charge on any atom is -0.311 e. The average molecular weight is 723 g/mol. The molecule has 0 aliphatic carbocycles. The van der Waals surface area contributed by atoms with Gasteiger partial charge >= 0.3 is 0 Å². The zero-order chi connectivity index (χ0) is 37.2. The van der Waals surface area contributed by atoms with Gasteiger partial charge in [-0.2, -0.15) is 0 Å². The zero-order valence-corrected chi connectivity index (χ0v) is 35.1. The largest absolute Gasteiger partial charge is 0.311 e. The normalized spacial score (nSPS) is 17.2. The van der Waals surface area contributed by atoms with Gasteiger partial charge < -0.3 is 9.80 Å². The molecular weight excluding hydrogens is 672 g/mol. The summed E-state index contributed by atoms with van der Waals surface area (Å²) < 4.78 is 0. The lowest BCUT2D eigenvalue weighted by molar-refractivity contribution is 0.569. The minimum atomic E-state index is -2.46. The fourth-order valence-electron chi connectivity index (χ4n) is 9.39. The van der Waals surface area contributed by atoms with Crippen molar-refractivity contribution in [2.24, 2.45) is 0 Å². The van der Waals surface area contributed by atoms with Crippen molar-refractivity contribution in [1.29, 1.82) is 0 Å². The van der Waals surface area contributed by atoms with E-state index in [0.717, 1.165) is 0 Å². The van der Waals surface area contributed by atoms with Gasteiger partial charge in [0.1, 0.15) is 8.07 Å². The van der Waals surface area contributed by atoms with Crippen LogP contribution in [0.5, 0.6) is 0 Å². The van der Waals surface area contributed by atoms with E-state index in [1.54, 1.807) is 5.19 Å². The molecule has 1 unspecified atom stereocenters. The van der Waals surface area contributed by atoms with Gasteiger partial charge in [-0.3, -0.25) is 0 Å². The van der Waals surface area contributed by atoms with E-state index >= 15 is 0 Å². The van der Waals surface area contributed by atoms with Crippen LogP contribution in [0.2, 0.25) is 26.2 Å². The fourth-order valence-corrected chi connectivity index (χ4v) is 14.8. The molecule has 0 saturated carbocycles. The molecule has 1 atom stereocenters. The van der Waals surface area contributed by atoms with Gasteiger partial charge in [-0.15, -0.1) is 0 Å². The zero-order valence-electron chi connectivity index (χ0n) is 33.1. The van der Waals surface area contributed by atoms with Gasteiger partial charge in [-0.25, -0.2) is 0 Å². The molecule has 3 heterocycles. The monoisotopic (exact) mass is 722 g/mol. The van der Waals surface area contributed by atoms with Gasteiger partial charge in [-0.1, -0.05) is 162 Å². The van der Waals surface area contributed by atoms with Crippen LogP contribution in [-0.2, 0) is 10.8 Å². The molecule has 53 heavy (non-hydrogen) atoms. The number of hydrogen-bond donors (Lipinski definition) is 0. The number of rotatable bonds is 4. The van der Waals surface area contributed by atoms with Crippen LogP contribution >= 0.6 is 0 Å². The van der Waals surface area contributed by atoms with Crippen LogP contribution in [0.3, 0.4) is 0 Å². The van der Waals surface area contributed by atoms with Gasteiger partial charge in [0.05, 0.1) is 8.07 Å². The molecule has 6 aromatic carbocycles. The minimum absolute atomic E-state index is 0.00603. The van der Waals surface area contributed by atoms with E-state index in [2.05, 4.69) is 205 Å². The first-order chi connectivity index (χ1) is 25.1. The molecule has 0 bridgehead atoms. The van der Waals surface area contributed by atoms with Crippen LogP contribution in [0.25, 0.3) is 0 Å². The lowest BCUT2D eigenvalue weighted by Crippen LogP contribution is -2.83. The van der Waals surface area contributed by atoms with Crippen LogP contribution < -0.4 is 46.9 Å². The average Bonchev–Trinajstić information content (AvgIpc) is 3.13. The molecular formula is C48H51BN2Si2. The maximum absolute atomic E-state index is 2.63. The van der Waals surface area contributed by atoms with Gasteiger partial charge in [0, 0.05) is 34.1 Å². The Balaban J connectivity index is 1.41. The van der Waals surface area contributed by atoms with E-state index < -0.39 is 16.1 Å². The SMILES string of the molecule is CC(C)(C)c1cc(N2c3cccc4c3B3c5c(cccc5[Si](C)(c5ccccc5)c5cccc2c53)N4c2ccc([Si](C)(C)C)cc2)cc(C(C)(C)C)c1. The summed E-state index contributed by atoms with van der Waals surface area (Å²) in [5.41, 5.74) is 14.9. The summed E-state index contributed by atoms with van der Waals surface area (Å²) in [7, 11) is -3.92. The van der Waals surface area contributed by atoms with Gasteiger partial charge in [0.25, 0.3) is 6.71 Å². The molecule has 0 N–H and O–H groups in total. The van der Waals surface area contributed by atoms with Crippen molar-refractivity contribution in [2.75, 3.05) is 9.80 Å². The van der Waals surface area contributed by atoms with E-state index in [-0.39, 0.29) is 17.5 Å². The van der Waals surface area contributed by atoms with E-state index in [0.29, 0.717) is 0 Å². The van der Waals surface area contributed by atoms with E-state index in [4.69, 9.17) is 0 Å². The smallest absolute Gasteiger partial charge is 0.251 e. The molecule has 5 heteroatoms. The Bertz CT molecular complexity index is 2400. The standard InChI is InChI=1S/C48H51BN2Si2/c1-47(2,3)32-29-33(48(4,5)6)31-35(30-32)51-39-20-14-19-38-44(39)49-45-40(50(38)34-25-27-36(28-26-34)52(7,8)9)21-15-23-42(45)53(10,37-17-12-11-13-18-37)43-24-16-22-41(51)46(43)49/h11-31H,1-10H3. The second-order valence-electron chi connectivity index (χ2n) is 18.8. The van der Waals surface area contributed by atoms with E-state index in [1.807, 2.05) is 0 Å². The van der Waals surface area contributed by atoms with Crippen LogP contribution in [0.15, 0.2) is 127 Å². The number of anilines is 6. The Hall–Kier alpha value is -4.58. The van der Waals surface area contributed by atoms with Crippen molar-refractivity contribution in [1.82, 2.24) is 0 Å². The third-order valence-corrected chi connectivity index (χ3v) is 19.0. The van der Waals surface area contributed by atoms with E-state index in [9.17, 15) is 0 Å². The van der Waals surface area contributed by atoms with Crippen LogP contribution in [0.4, 0.5) is 34.1 Å². The molecule has 0 radical (unpaired) electrons. The van der Waals surface area contributed by atoms with Crippen molar-refractivity contribution in [3.8, 4) is 0 Å². The molecule has 0 fully saturated rings. The van der Waals surface area contributed by atoms with Gasteiger partial charge in [-0.05, 0) is 92.1 Å². The molecule has 0 aromatic heterocycles. The molecule has 264 valence electrons. The highest BCUT2D eigenvalue weighted by atomic mass is 28.3. The summed E-state index contributed by atoms with van der Waals surface area (Å²) in [4.78, 5) is 5.22. The summed E-state index contributed by atoms with van der Waals surface area (Å²) in [5.74, 6) is 0. The first-order valence-corrected chi connectivity index (χ1v) is 25.4. The molecule has 9 rings (SSSR count). The highest BCUT2D eigenvalue weighted by Crippen LogP contribution is 2.45. The Kier molecular flexibility index (Phi) is 7.40. The van der Waals surface area contributed by atoms with Crippen molar-refractivity contribution in [3.05, 3.63) is 139 Å². The number of benzene rings is 6. The molecule has 0 saturated heterocycles. The summed E-state index contributed by atoms with van der Waals surface area (Å²) in [6.07, 6.45) is 0. The second-order valence-corrected chi connectivity index (χ2v) is 27.8. The summed E-state index contributed by atoms with van der Waals surface area (Å²) >= 11 is 0. The van der Waals surface area contributed by atoms with Crippen molar-refractivity contribution < 1.29 is 0 Å². The van der Waals surface area contributed by atoms with Gasteiger partial charge in [0.15, 0.2) is 0 Å². The molecule has 0 spiro atoms. The Morgan fingerprint density at radius 3 is 1.42 bits per heavy atom. The molecule has 6 aromatic rings. The first-order valence-electron chi connectivity index (χ1n) is 19.4. The Morgan fingerprint density at radius 2 is 0.943 bits per heavy atom. The third kappa shape index (κ3) is 5.03. The summed E-state index contributed by atoms with van der Waals surface area (Å²) in [6, 6.07) is 49.8. The maximum Gasteiger partial charge on any atom is 0.251 e. The highest BCUT2D eigenvalue weighted by Gasteiger charge is 2.53. The van der Waals surface area contributed by atoms with Gasteiger partial charge in [0.2, 0.25) is 0 Å². The van der Waals surface area contributed by atoms with Crippen molar-refractivity contribution in [2.45, 2.75) is 78.6 Å². The molecule has 3 aliphatic rings. The Morgan fingerprint density at radius 1 is 0.491 bits per heavy atom. The highest BCUT2D eigenvalue weighted by molar-refractivity contribution is 7.21. The van der Waals surface area contributed by atoms with Crippen LogP contribution in [0.1, 0.15) is 52.7 Å². The fraction of sp³-hybridized carbons (Fsp3) is 0.250. The maximum atomic E-state index is 2.63.